The van der Waals surface area contributed by atoms with Crippen LogP contribution in [0.4, 0.5) is 0 Å². The minimum Gasteiger partial charge on any atom is -0.344 e. The quantitative estimate of drug-likeness (QED) is 0.697. The van der Waals surface area contributed by atoms with E-state index in [0.717, 1.165) is 18.7 Å². The number of carbonyl (C=O) groups is 1. The Kier molecular flexibility index (Phi) is 1.73. The van der Waals surface area contributed by atoms with Crippen LogP contribution in [0.1, 0.15) is 16.9 Å². The van der Waals surface area contributed by atoms with Crippen LogP contribution in [0.25, 0.3) is 0 Å². The average molecular weight is 164 g/mol. The molecule has 0 aliphatic carbocycles. The Hall–Kier alpha value is -1.09. The molecule has 64 valence electrons. The highest BCUT2D eigenvalue weighted by Gasteiger charge is 2.28. The number of hydrogen-bond acceptors (Lipinski definition) is 2. The Balaban J connectivity index is 2.21. The third kappa shape index (κ3) is 0.975. The Morgan fingerprint density at radius 1 is 1.67 bits per heavy atom. The van der Waals surface area contributed by atoms with Crippen LogP contribution >= 0.6 is 0 Å². The van der Waals surface area contributed by atoms with Crippen LogP contribution in [0.15, 0.2) is 18.3 Å². The predicted molar refractivity (Wildman–Crippen MR) is 45.9 cm³/mol. The number of nitrogens with two attached hydrogens (primary N) is 1. The first-order valence-corrected chi connectivity index (χ1v) is 4.22. The van der Waals surface area contributed by atoms with Gasteiger partial charge in [-0.25, -0.2) is 0 Å². The molecular weight excluding hydrogens is 152 g/mol. The molecule has 1 aliphatic heterocycles. The van der Waals surface area contributed by atoms with Crippen molar-refractivity contribution in [3.05, 3.63) is 24.0 Å². The molecule has 0 radical (unpaired) electrons. The number of aromatic nitrogens is 1. The van der Waals surface area contributed by atoms with Crippen LogP contribution in [0.5, 0.6) is 0 Å². The number of hydrogen-bond donors (Lipinski definition) is 1. The lowest BCUT2D eigenvalue weighted by Crippen LogP contribution is -2.14. The van der Waals surface area contributed by atoms with Crippen LogP contribution < -0.4 is 5.73 Å². The van der Waals surface area contributed by atoms with Crippen molar-refractivity contribution in [2.24, 2.45) is 11.7 Å². The Morgan fingerprint density at radius 3 is 3.17 bits per heavy atom. The third-order valence-electron chi connectivity index (χ3n) is 2.38. The molecule has 1 atom stereocenters. The fraction of sp³-hybridized carbons (Fsp3) is 0.444. The summed E-state index contributed by atoms with van der Waals surface area (Å²) in [6.07, 6.45) is 2.75. The molecule has 0 fully saturated rings. The second-order valence-electron chi connectivity index (χ2n) is 3.18. The number of fused-ring (bicyclic) bond motifs is 1. The van der Waals surface area contributed by atoms with Gasteiger partial charge in [-0.3, -0.25) is 4.79 Å². The van der Waals surface area contributed by atoms with E-state index in [1.165, 1.54) is 0 Å². The average Bonchev–Trinajstić information content (AvgIpc) is 2.58. The van der Waals surface area contributed by atoms with Crippen molar-refractivity contribution in [1.29, 1.82) is 0 Å². The van der Waals surface area contributed by atoms with Crippen molar-refractivity contribution in [1.82, 2.24) is 4.57 Å². The Labute approximate surface area is 71.2 Å². The summed E-state index contributed by atoms with van der Waals surface area (Å²) in [4.78, 5) is 11.6. The van der Waals surface area contributed by atoms with Gasteiger partial charge in [0.1, 0.15) is 0 Å². The number of Topliss-reactive ketones (excluding diaryl/α,β-unsaturated/α-hetero) is 1. The van der Waals surface area contributed by atoms with Gasteiger partial charge in [0.25, 0.3) is 0 Å². The topological polar surface area (TPSA) is 48.0 Å². The Morgan fingerprint density at radius 2 is 2.50 bits per heavy atom. The molecule has 1 aromatic rings. The van der Waals surface area contributed by atoms with E-state index in [0.29, 0.717) is 6.54 Å². The van der Waals surface area contributed by atoms with Gasteiger partial charge in [-0.2, -0.15) is 0 Å². The van der Waals surface area contributed by atoms with Crippen LogP contribution in [0.2, 0.25) is 0 Å². The van der Waals surface area contributed by atoms with Crippen LogP contribution in [0, 0.1) is 5.92 Å². The van der Waals surface area contributed by atoms with Gasteiger partial charge in [-0.1, -0.05) is 0 Å². The predicted octanol–water partition coefficient (Wildman–Crippen LogP) is 0.649. The fourth-order valence-corrected chi connectivity index (χ4v) is 1.75. The molecule has 3 nitrogen and oxygen atoms in total. The summed E-state index contributed by atoms with van der Waals surface area (Å²) < 4.78 is 2.00. The van der Waals surface area contributed by atoms with Gasteiger partial charge in [-0.05, 0) is 25.1 Å². The van der Waals surface area contributed by atoms with E-state index < -0.39 is 0 Å². The molecule has 0 spiro atoms. The first-order valence-electron chi connectivity index (χ1n) is 4.22. The minimum atomic E-state index is 0.131. The lowest BCUT2D eigenvalue weighted by Gasteiger charge is -2.03. The second kappa shape index (κ2) is 2.75. The van der Waals surface area contributed by atoms with Crippen LogP contribution in [-0.2, 0) is 6.54 Å². The first-order chi connectivity index (χ1) is 5.83. The zero-order chi connectivity index (χ0) is 8.55. The molecule has 2 N–H and O–H groups in total. The number of rotatable bonds is 2. The highest BCUT2D eigenvalue weighted by Crippen LogP contribution is 2.22. The minimum absolute atomic E-state index is 0.131. The molecule has 0 saturated heterocycles. The summed E-state index contributed by atoms with van der Waals surface area (Å²) in [6.45, 7) is 1.42. The molecule has 1 aromatic heterocycles. The maximum absolute atomic E-state index is 11.6. The van der Waals surface area contributed by atoms with Crippen molar-refractivity contribution < 1.29 is 4.79 Å². The van der Waals surface area contributed by atoms with Crippen LogP contribution in [-0.4, -0.2) is 16.9 Å². The van der Waals surface area contributed by atoms with Gasteiger partial charge < -0.3 is 10.3 Å². The zero-order valence-electron chi connectivity index (χ0n) is 6.86. The van der Waals surface area contributed by atoms with E-state index in [-0.39, 0.29) is 11.7 Å². The van der Waals surface area contributed by atoms with Gasteiger partial charge in [0.05, 0.1) is 5.69 Å². The summed E-state index contributed by atoms with van der Waals surface area (Å²) in [5.41, 5.74) is 6.25. The normalized spacial score (nSPS) is 21.4. The lowest BCUT2D eigenvalue weighted by molar-refractivity contribution is 0.0932. The molecule has 1 unspecified atom stereocenters. The Bertz CT molecular complexity index is 303. The zero-order valence-corrected chi connectivity index (χ0v) is 6.86. The lowest BCUT2D eigenvalue weighted by atomic mass is 10.0. The summed E-state index contributed by atoms with van der Waals surface area (Å²) in [7, 11) is 0. The van der Waals surface area contributed by atoms with Crippen molar-refractivity contribution in [3.63, 3.8) is 0 Å². The third-order valence-corrected chi connectivity index (χ3v) is 2.38. The van der Waals surface area contributed by atoms with Crippen molar-refractivity contribution in [2.45, 2.75) is 13.0 Å². The number of carbonyl (C=O) groups excluding carboxylic acids is 1. The summed E-state index contributed by atoms with van der Waals surface area (Å²) in [5.74, 6) is 0.386. The summed E-state index contributed by atoms with van der Waals surface area (Å²) in [6, 6.07) is 3.78. The van der Waals surface area contributed by atoms with Crippen molar-refractivity contribution >= 4 is 5.78 Å². The maximum Gasteiger partial charge on any atom is 0.184 e. The van der Waals surface area contributed by atoms with E-state index >= 15 is 0 Å². The van der Waals surface area contributed by atoms with Gasteiger partial charge >= 0.3 is 0 Å². The molecule has 0 bridgehead atoms. The number of ketones is 1. The summed E-state index contributed by atoms with van der Waals surface area (Å²) in [5, 5.41) is 0. The molecule has 0 aromatic carbocycles. The highest BCUT2D eigenvalue weighted by atomic mass is 16.1. The monoisotopic (exact) mass is 164 g/mol. The SMILES string of the molecule is NCCC1Cn2cccc2C1=O. The van der Waals surface area contributed by atoms with Gasteiger partial charge in [0.15, 0.2) is 5.78 Å². The smallest absolute Gasteiger partial charge is 0.184 e. The largest absolute Gasteiger partial charge is 0.344 e. The van der Waals surface area contributed by atoms with Crippen LogP contribution in [0.3, 0.4) is 0 Å². The van der Waals surface area contributed by atoms with Gasteiger partial charge in [0.2, 0.25) is 0 Å². The van der Waals surface area contributed by atoms with E-state index in [1.807, 2.05) is 22.9 Å². The van der Waals surface area contributed by atoms with Gasteiger partial charge in [-0.15, -0.1) is 0 Å². The summed E-state index contributed by atoms with van der Waals surface area (Å²) >= 11 is 0. The molecule has 0 saturated carbocycles. The standard InChI is InChI=1S/C9H12N2O/c10-4-3-7-6-11-5-1-2-8(11)9(7)12/h1-2,5,7H,3-4,6,10H2. The molecular formula is C9H12N2O. The fourth-order valence-electron chi connectivity index (χ4n) is 1.75. The van der Waals surface area contributed by atoms with Gasteiger partial charge in [0, 0.05) is 18.7 Å². The number of nitrogens with zero attached hydrogens (tertiary/aromatic N) is 1. The molecule has 1 aliphatic rings. The second-order valence-corrected chi connectivity index (χ2v) is 3.18. The van der Waals surface area contributed by atoms with E-state index in [4.69, 9.17) is 5.73 Å². The highest BCUT2D eigenvalue weighted by molar-refractivity contribution is 5.98. The first kappa shape index (κ1) is 7.55. The molecule has 2 heterocycles. The maximum atomic E-state index is 11.6. The molecule has 2 rings (SSSR count). The van der Waals surface area contributed by atoms with Crippen molar-refractivity contribution in [3.8, 4) is 0 Å². The molecule has 12 heavy (non-hydrogen) atoms. The van der Waals surface area contributed by atoms with E-state index in [2.05, 4.69) is 0 Å². The molecule has 0 amide bonds. The van der Waals surface area contributed by atoms with E-state index in [1.54, 1.807) is 0 Å². The molecule has 3 heteroatoms. The van der Waals surface area contributed by atoms with Crippen molar-refractivity contribution in [2.75, 3.05) is 6.54 Å². The van der Waals surface area contributed by atoms with E-state index in [9.17, 15) is 4.79 Å².